The summed E-state index contributed by atoms with van der Waals surface area (Å²) in [4.78, 5) is 36.3. The number of phenols is 1. The van der Waals surface area contributed by atoms with Gasteiger partial charge in [0.05, 0.1) is 6.04 Å². The Hall–Kier alpha value is -2.26. The van der Waals surface area contributed by atoms with Crippen molar-refractivity contribution >= 4 is 30.4 Å². The topological polar surface area (TPSA) is 142 Å². The summed E-state index contributed by atoms with van der Waals surface area (Å²) in [6, 6.07) is 3.18. The molecule has 0 aliphatic rings. The lowest BCUT2D eigenvalue weighted by Crippen LogP contribution is -2.56. The van der Waals surface area contributed by atoms with Crippen molar-refractivity contribution in [2.45, 2.75) is 44.8 Å². The monoisotopic (exact) mass is 397 g/mol. The van der Waals surface area contributed by atoms with Crippen LogP contribution in [0.4, 0.5) is 0 Å². The highest BCUT2D eigenvalue weighted by Gasteiger charge is 2.30. The standard InChI is InChI=1S/C18H27N3O5S/c1-3-10(2)15(18(25)26)21-17(24)14(20-16(23)13(19)9-27)8-11-4-6-12(22)7-5-11/h4-7,10,13-15,22,27H,3,8-9,19H2,1-2H3,(H,20,23)(H,21,24)(H,25,26)/t10-,13-,14-,15-/m0/s1. The van der Waals surface area contributed by atoms with Gasteiger partial charge in [-0.25, -0.2) is 4.79 Å². The van der Waals surface area contributed by atoms with Crippen LogP contribution in [0.5, 0.6) is 5.75 Å². The molecular weight excluding hydrogens is 370 g/mol. The van der Waals surface area contributed by atoms with Crippen LogP contribution in [-0.2, 0) is 20.8 Å². The Kier molecular flexibility index (Phi) is 9.10. The van der Waals surface area contributed by atoms with Crippen molar-refractivity contribution in [1.82, 2.24) is 10.6 Å². The maximum atomic E-state index is 12.7. The van der Waals surface area contributed by atoms with Crippen LogP contribution in [0.2, 0.25) is 0 Å². The molecule has 6 N–H and O–H groups in total. The van der Waals surface area contributed by atoms with Crippen LogP contribution in [0.3, 0.4) is 0 Å². The highest BCUT2D eigenvalue weighted by atomic mass is 32.1. The average Bonchev–Trinajstić information content (AvgIpc) is 2.65. The van der Waals surface area contributed by atoms with E-state index in [0.29, 0.717) is 12.0 Å². The lowest BCUT2D eigenvalue weighted by Gasteiger charge is -2.25. The first-order valence-corrected chi connectivity index (χ1v) is 9.30. The molecule has 150 valence electrons. The molecule has 0 saturated heterocycles. The van der Waals surface area contributed by atoms with Gasteiger partial charge >= 0.3 is 5.97 Å². The number of hydrogen-bond acceptors (Lipinski definition) is 6. The fourth-order valence-corrected chi connectivity index (χ4v) is 2.54. The van der Waals surface area contributed by atoms with E-state index in [0.717, 1.165) is 0 Å². The molecule has 1 aromatic carbocycles. The number of carbonyl (C=O) groups excluding carboxylic acids is 2. The van der Waals surface area contributed by atoms with Crippen LogP contribution in [0.25, 0.3) is 0 Å². The van der Waals surface area contributed by atoms with Crippen LogP contribution < -0.4 is 16.4 Å². The molecule has 0 heterocycles. The maximum absolute atomic E-state index is 12.7. The number of amides is 2. The number of carboxylic acid groups (broad SMARTS) is 1. The third-order valence-corrected chi connectivity index (χ3v) is 4.71. The first-order valence-electron chi connectivity index (χ1n) is 8.67. The first kappa shape index (κ1) is 22.8. The van der Waals surface area contributed by atoms with Crippen molar-refractivity contribution < 1.29 is 24.6 Å². The Balaban J connectivity index is 2.99. The summed E-state index contributed by atoms with van der Waals surface area (Å²) in [7, 11) is 0. The molecule has 1 rings (SSSR count). The Morgan fingerprint density at radius 3 is 2.22 bits per heavy atom. The Bertz CT molecular complexity index is 653. The van der Waals surface area contributed by atoms with Crippen molar-refractivity contribution in [2.75, 3.05) is 5.75 Å². The van der Waals surface area contributed by atoms with E-state index in [-0.39, 0.29) is 23.8 Å². The summed E-state index contributed by atoms with van der Waals surface area (Å²) >= 11 is 3.97. The zero-order valence-corrected chi connectivity index (χ0v) is 16.3. The van der Waals surface area contributed by atoms with Crippen molar-refractivity contribution in [3.63, 3.8) is 0 Å². The van der Waals surface area contributed by atoms with Gasteiger partial charge in [0.1, 0.15) is 17.8 Å². The molecule has 0 radical (unpaired) electrons. The number of rotatable bonds is 10. The normalized spacial score (nSPS) is 15.3. The smallest absolute Gasteiger partial charge is 0.326 e. The van der Waals surface area contributed by atoms with Gasteiger partial charge < -0.3 is 26.6 Å². The molecule has 0 aliphatic heterocycles. The van der Waals surface area contributed by atoms with Crippen LogP contribution in [0, 0.1) is 5.92 Å². The number of aromatic hydroxyl groups is 1. The fraction of sp³-hybridized carbons (Fsp3) is 0.500. The Morgan fingerprint density at radius 1 is 1.15 bits per heavy atom. The molecule has 0 aliphatic carbocycles. The van der Waals surface area contributed by atoms with Crippen LogP contribution in [0.1, 0.15) is 25.8 Å². The molecule has 0 bridgehead atoms. The number of carbonyl (C=O) groups is 3. The van der Waals surface area contributed by atoms with Gasteiger partial charge in [0.15, 0.2) is 0 Å². The SMILES string of the molecule is CC[C@H](C)[C@H](NC(=O)[C@H](Cc1ccc(O)cc1)NC(=O)[C@@H](N)CS)C(=O)O. The van der Waals surface area contributed by atoms with E-state index in [1.807, 2.05) is 6.92 Å². The van der Waals surface area contributed by atoms with E-state index >= 15 is 0 Å². The summed E-state index contributed by atoms with van der Waals surface area (Å²) in [6.07, 6.45) is 0.681. The van der Waals surface area contributed by atoms with E-state index in [2.05, 4.69) is 23.3 Å². The number of carboxylic acids is 1. The second-order valence-electron chi connectivity index (χ2n) is 6.43. The van der Waals surface area contributed by atoms with Crippen molar-refractivity contribution in [2.24, 2.45) is 11.7 Å². The van der Waals surface area contributed by atoms with Crippen molar-refractivity contribution in [3.8, 4) is 5.75 Å². The predicted molar refractivity (Wildman–Crippen MR) is 105 cm³/mol. The fourth-order valence-electron chi connectivity index (χ4n) is 2.38. The average molecular weight is 397 g/mol. The quantitative estimate of drug-likeness (QED) is 0.314. The van der Waals surface area contributed by atoms with Crippen molar-refractivity contribution in [3.05, 3.63) is 29.8 Å². The third-order valence-electron chi connectivity index (χ3n) is 4.32. The lowest BCUT2D eigenvalue weighted by atomic mass is 9.98. The summed E-state index contributed by atoms with van der Waals surface area (Å²) in [5.74, 6) is -2.42. The first-order chi connectivity index (χ1) is 12.7. The summed E-state index contributed by atoms with van der Waals surface area (Å²) < 4.78 is 0. The molecule has 2 amide bonds. The van der Waals surface area contributed by atoms with E-state index in [4.69, 9.17) is 5.73 Å². The molecule has 27 heavy (non-hydrogen) atoms. The Morgan fingerprint density at radius 2 is 1.74 bits per heavy atom. The molecule has 4 atom stereocenters. The summed E-state index contributed by atoms with van der Waals surface area (Å²) in [5.41, 5.74) is 6.33. The Labute approximate surface area is 163 Å². The highest BCUT2D eigenvalue weighted by Crippen LogP contribution is 2.13. The number of benzene rings is 1. The van der Waals surface area contributed by atoms with Crippen LogP contribution in [-0.4, -0.2) is 51.9 Å². The van der Waals surface area contributed by atoms with E-state index in [9.17, 15) is 24.6 Å². The zero-order chi connectivity index (χ0) is 20.6. The number of thiol groups is 1. The van der Waals surface area contributed by atoms with E-state index < -0.39 is 35.9 Å². The number of phenolic OH excluding ortho intramolecular Hbond substituents is 1. The molecule has 0 saturated carbocycles. The van der Waals surface area contributed by atoms with Gasteiger partial charge in [-0.3, -0.25) is 9.59 Å². The summed E-state index contributed by atoms with van der Waals surface area (Å²) in [6.45, 7) is 3.55. The second kappa shape index (κ2) is 10.8. The number of nitrogens with one attached hydrogen (secondary N) is 2. The van der Waals surface area contributed by atoms with Gasteiger partial charge in [-0.05, 0) is 23.6 Å². The van der Waals surface area contributed by atoms with Crippen LogP contribution >= 0.6 is 12.6 Å². The largest absolute Gasteiger partial charge is 0.508 e. The molecular formula is C18H27N3O5S. The molecule has 0 unspecified atom stereocenters. The minimum absolute atomic E-state index is 0.0728. The zero-order valence-electron chi connectivity index (χ0n) is 15.4. The van der Waals surface area contributed by atoms with Gasteiger partial charge in [-0.1, -0.05) is 32.4 Å². The maximum Gasteiger partial charge on any atom is 0.326 e. The molecule has 9 heteroatoms. The minimum Gasteiger partial charge on any atom is -0.508 e. The molecule has 8 nitrogen and oxygen atoms in total. The molecule has 1 aromatic rings. The number of nitrogens with two attached hydrogens (primary N) is 1. The highest BCUT2D eigenvalue weighted by molar-refractivity contribution is 7.80. The van der Waals surface area contributed by atoms with E-state index in [1.54, 1.807) is 19.1 Å². The molecule has 0 aromatic heterocycles. The second-order valence-corrected chi connectivity index (χ2v) is 6.80. The van der Waals surface area contributed by atoms with Crippen molar-refractivity contribution in [1.29, 1.82) is 0 Å². The van der Waals surface area contributed by atoms with Gasteiger partial charge in [0, 0.05) is 12.2 Å². The number of hydrogen-bond donors (Lipinski definition) is 6. The van der Waals surface area contributed by atoms with Gasteiger partial charge in [-0.15, -0.1) is 0 Å². The van der Waals surface area contributed by atoms with Crippen LogP contribution in [0.15, 0.2) is 24.3 Å². The van der Waals surface area contributed by atoms with Gasteiger partial charge in [0.25, 0.3) is 0 Å². The van der Waals surface area contributed by atoms with Gasteiger partial charge in [0.2, 0.25) is 11.8 Å². The summed E-state index contributed by atoms with van der Waals surface area (Å²) in [5, 5.41) is 23.8. The number of aliphatic carboxylic acids is 1. The molecule has 0 fully saturated rings. The third kappa shape index (κ3) is 7.10. The van der Waals surface area contributed by atoms with E-state index in [1.165, 1.54) is 12.1 Å². The molecule has 0 spiro atoms. The lowest BCUT2D eigenvalue weighted by molar-refractivity contribution is -0.143. The van der Waals surface area contributed by atoms with Gasteiger partial charge in [-0.2, -0.15) is 12.6 Å². The minimum atomic E-state index is -1.14. The predicted octanol–water partition coefficient (Wildman–Crippen LogP) is 0.292.